The molecule has 0 aromatic heterocycles. The fraction of sp³-hybridized carbons (Fsp3) is 0.500. The monoisotopic (exact) mass is 315 g/mol. The van der Waals surface area contributed by atoms with Gasteiger partial charge >= 0.3 is 5.97 Å². The molecule has 2 N–H and O–H groups in total. The lowest BCUT2D eigenvalue weighted by molar-refractivity contribution is 0.0600. The summed E-state index contributed by atoms with van der Waals surface area (Å²) in [6, 6.07) is 3.93. The first-order valence-corrected chi connectivity index (χ1v) is 8.03. The fourth-order valence-corrected chi connectivity index (χ4v) is 3.34. The summed E-state index contributed by atoms with van der Waals surface area (Å²) in [6.07, 6.45) is 0. The van der Waals surface area contributed by atoms with Crippen LogP contribution in [-0.4, -0.2) is 39.3 Å². The maximum Gasteiger partial charge on any atom is 0.337 e. The highest BCUT2D eigenvalue weighted by atomic mass is 32.2. The number of rotatable bonds is 6. The van der Waals surface area contributed by atoms with Gasteiger partial charge in [-0.1, -0.05) is 13.0 Å². The average molecular weight is 315 g/mol. The first-order valence-electron chi connectivity index (χ1n) is 6.55. The number of benzene rings is 1. The van der Waals surface area contributed by atoms with Crippen molar-refractivity contribution in [1.29, 1.82) is 0 Å². The molecule has 0 radical (unpaired) electrons. The topological polar surface area (TPSA) is 92.7 Å². The molecule has 118 valence electrons. The zero-order valence-electron chi connectivity index (χ0n) is 12.6. The number of nitrogens with one attached hydrogen (secondary N) is 1. The van der Waals surface area contributed by atoms with Gasteiger partial charge in [0.2, 0.25) is 10.0 Å². The van der Waals surface area contributed by atoms with Crippen LogP contribution >= 0.6 is 0 Å². The van der Waals surface area contributed by atoms with E-state index in [4.69, 9.17) is 5.11 Å². The van der Waals surface area contributed by atoms with Crippen molar-refractivity contribution in [3.8, 4) is 0 Å². The van der Waals surface area contributed by atoms with Crippen LogP contribution < -0.4 is 4.72 Å². The molecule has 0 saturated carbocycles. The predicted octanol–water partition coefficient (Wildman–Crippen LogP) is 1.08. The molecule has 1 rings (SSSR count). The van der Waals surface area contributed by atoms with E-state index in [1.165, 1.54) is 19.2 Å². The van der Waals surface area contributed by atoms with E-state index in [0.717, 1.165) is 0 Å². The number of sulfonamides is 1. The zero-order valence-corrected chi connectivity index (χ0v) is 13.4. The van der Waals surface area contributed by atoms with Crippen LogP contribution in [0.1, 0.15) is 29.8 Å². The second kappa shape index (κ2) is 7.02. The third-order valence-electron chi connectivity index (χ3n) is 3.38. The van der Waals surface area contributed by atoms with Gasteiger partial charge in [-0.3, -0.25) is 0 Å². The number of aryl methyl sites for hydroxylation is 1. The number of hydrogen-bond donors (Lipinski definition) is 2. The summed E-state index contributed by atoms with van der Waals surface area (Å²) in [5, 5.41) is 9.08. The van der Waals surface area contributed by atoms with Crippen molar-refractivity contribution in [2.75, 3.05) is 13.7 Å². The van der Waals surface area contributed by atoms with E-state index in [2.05, 4.69) is 9.46 Å². The van der Waals surface area contributed by atoms with Crippen molar-refractivity contribution in [3.63, 3.8) is 0 Å². The van der Waals surface area contributed by atoms with Gasteiger partial charge in [0.1, 0.15) is 0 Å². The third-order valence-corrected chi connectivity index (χ3v) is 5.08. The Bertz CT molecular complexity index is 612. The zero-order chi connectivity index (χ0) is 16.2. The minimum atomic E-state index is -3.78. The quantitative estimate of drug-likeness (QED) is 0.766. The standard InChI is InChI=1S/C14H21NO5S/c1-9-5-6-12(14(17)20-4)7-13(9)21(18,19)15-11(3)10(2)8-16/h5-7,10-11,15-16H,8H2,1-4H3. The van der Waals surface area contributed by atoms with Crippen molar-refractivity contribution < 1.29 is 23.1 Å². The summed E-state index contributed by atoms with van der Waals surface area (Å²) in [5.74, 6) is -0.813. The Kier molecular flexibility index (Phi) is 5.88. The predicted molar refractivity (Wildman–Crippen MR) is 78.6 cm³/mol. The molecule has 7 heteroatoms. The molecule has 2 atom stereocenters. The third kappa shape index (κ3) is 4.26. The minimum absolute atomic E-state index is 0.0300. The molecule has 2 unspecified atom stereocenters. The molecule has 0 amide bonds. The summed E-state index contributed by atoms with van der Waals surface area (Å²) in [6.45, 7) is 4.95. The van der Waals surface area contributed by atoms with Crippen LogP contribution in [0.25, 0.3) is 0 Å². The Hall–Kier alpha value is -1.44. The van der Waals surface area contributed by atoms with Gasteiger partial charge in [-0.2, -0.15) is 0 Å². The number of carbonyl (C=O) groups excluding carboxylic acids is 1. The lowest BCUT2D eigenvalue weighted by atomic mass is 10.1. The molecule has 0 aliphatic carbocycles. The lowest BCUT2D eigenvalue weighted by Gasteiger charge is -2.20. The van der Waals surface area contributed by atoms with Gasteiger partial charge in [0.25, 0.3) is 0 Å². The summed E-state index contributed by atoms with van der Waals surface area (Å²) in [4.78, 5) is 11.5. The molecule has 1 aromatic carbocycles. The summed E-state index contributed by atoms with van der Waals surface area (Å²) < 4.78 is 31.9. The van der Waals surface area contributed by atoms with E-state index in [1.54, 1.807) is 26.8 Å². The van der Waals surface area contributed by atoms with E-state index in [9.17, 15) is 13.2 Å². The number of hydrogen-bond acceptors (Lipinski definition) is 5. The van der Waals surface area contributed by atoms with Crippen LogP contribution in [0.3, 0.4) is 0 Å². The molecular weight excluding hydrogens is 294 g/mol. The van der Waals surface area contributed by atoms with Crippen LogP contribution in [0.2, 0.25) is 0 Å². The number of esters is 1. The molecule has 0 aliphatic heterocycles. The number of methoxy groups -OCH3 is 1. The number of aliphatic hydroxyl groups excluding tert-OH is 1. The van der Waals surface area contributed by atoms with Crippen LogP contribution in [0.4, 0.5) is 0 Å². The van der Waals surface area contributed by atoms with Gasteiger partial charge in [-0.05, 0) is 37.5 Å². The fourth-order valence-electron chi connectivity index (χ4n) is 1.72. The Morgan fingerprint density at radius 3 is 2.52 bits per heavy atom. The lowest BCUT2D eigenvalue weighted by Crippen LogP contribution is -2.38. The Morgan fingerprint density at radius 1 is 1.38 bits per heavy atom. The normalized spacial score (nSPS) is 14.5. The number of ether oxygens (including phenoxy) is 1. The molecule has 0 fully saturated rings. The first kappa shape index (κ1) is 17.6. The molecule has 0 spiro atoms. The highest BCUT2D eigenvalue weighted by Gasteiger charge is 2.23. The van der Waals surface area contributed by atoms with Crippen LogP contribution in [-0.2, 0) is 14.8 Å². The van der Waals surface area contributed by atoms with Gasteiger partial charge < -0.3 is 9.84 Å². The SMILES string of the molecule is COC(=O)c1ccc(C)c(S(=O)(=O)NC(C)C(C)CO)c1. The van der Waals surface area contributed by atoms with E-state index in [0.29, 0.717) is 5.56 Å². The van der Waals surface area contributed by atoms with Crippen molar-refractivity contribution in [2.45, 2.75) is 31.7 Å². The summed E-state index contributed by atoms with van der Waals surface area (Å²) in [7, 11) is -2.54. The first-order chi connectivity index (χ1) is 9.72. The van der Waals surface area contributed by atoms with Crippen LogP contribution in [0.5, 0.6) is 0 Å². The van der Waals surface area contributed by atoms with E-state index in [-0.39, 0.29) is 23.0 Å². The van der Waals surface area contributed by atoms with Gasteiger partial charge in [-0.25, -0.2) is 17.9 Å². The van der Waals surface area contributed by atoms with Crippen LogP contribution in [0, 0.1) is 12.8 Å². The molecule has 21 heavy (non-hydrogen) atoms. The van der Waals surface area contributed by atoms with Gasteiger partial charge in [0.15, 0.2) is 0 Å². The average Bonchev–Trinajstić information content (AvgIpc) is 2.45. The van der Waals surface area contributed by atoms with E-state index in [1.807, 2.05) is 0 Å². The van der Waals surface area contributed by atoms with Crippen molar-refractivity contribution >= 4 is 16.0 Å². The van der Waals surface area contributed by atoms with E-state index >= 15 is 0 Å². The second-order valence-corrected chi connectivity index (χ2v) is 6.72. The molecule has 1 aromatic rings. The molecule has 6 nitrogen and oxygen atoms in total. The maximum absolute atomic E-state index is 12.4. The number of carbonyl (C=O) groups is 1. The largest absolute Gasteiger partial charge is 0.465 e. The Balaban J connectivity index is 3.16. The molecule has 0 heterocycles. The Morgan fingerprint density at radius 2 is 2.00 bits per heavy atom. The maximum atomic E-state index is 12.4. The highest BCUT2D eigenvalue weighted by Crippen LogP contribution is 2.19. The second-order valence-electron chi connectivity index (χ2n) is 5.04. The van der Waals surface area contributed by atoms with Crippen molar-refractivity contribution in [3.05, 3.63) is 29.3 Å². The molecule has 0 saturated heterocycles. The van der Waals surface area contributed by atoms with Gasteiger partial charge in [0, 0.05) is 12.6 Å². The molecule has 0 bridgehead atoms. The van der Waals surface area contributed by atoms with Gasteiger partial charge in [-0.15, -0.1) is 0 Å². The van der Waals surface area contributed by atoms with Crippen LogP contribution in [0.15, 0.2) is 23.1 Å². The van der Waals surface area contributed by atoms with Gasteiger partial charge in [0.05, 0.1) is 17.6 Å². The minimum Gasteiger partial charge on any atom is -0.465 e. The Labute approximate surface area is 125 Å². The van der Waals surface area contributed by atoms with E-state index < -0.39 is 22.0 Å². The highest BCUT2D eigenvalue weighted by molar-refractivity contribution is 7.89. The molecular formula is C14H21NO5S. The summed E-state index contributed by atoms with van der Waals surface area (Å²) >= 11 is 0. The van der Waals surface area contributed by atoms with Crippen molar-refractivity contribution in [2.24, 2.45) is 5.92 Å². The van der Waals surface area contributed by atoms with Crippen molar-refractivity contribution in [1.82, 2.24) is 4.72 Å². The smallest absolute Gasteiger partial charge is 0.337 e. The number of aliphatic hydroxyl groups is 1. The summed E-state index contributed by atoms with van der Waals surface area (Å²) in [5.41, 5.74) is 0.699. The molecule has 0 aliphatic rings.